The lowest BCUT2D eigenvalue weighted by molar-refractivity contribution is 0.475. The number of nitrogens with zero attached hydrogens (tertiary/aromatic N) is 1. The van der Waals surface area contributed by atoms with Gasteiger partial charge in [-0.15, -0.1) is 0 Å². The van der Waals surface area contributed by atoms with E-state index in [0.717, 1.165) is 5.56 Å². The Morgan fingerprint density at radius 2 is 2.00 bits per heavy atom. The van der Waals surface area contributed by atoms with Crippen LogP contribution in [0.15, 0.2) is 29.4 Å². The van der Waals surface area contributed by atoms with Crippen LogP contribution in [-0.2, 0) is 0 Å². The van der Waals surface area contributed by atoms with Crippen LogP contribution >= 0.6 is 0 Å². The van der Waals surface area contributed by atoms with E-state index in [1.54, 1.807) is 18.3 Å². The van der Waals surface area contributed by atoms with Gasteiger partial charge in [0.2, 0.25) is 0 Å². The highest BCUT2D eigenvalue weighted by atomic mass is 16.3. The van der Waals surface area contributed by atoms with Gasteiger partial charge in [0.25, 0.3) is 0 Å². The van der Waals surface area contributed by atoms with E-state index < -0.39 is 0 Å². The van der Waals surface area contributed by atoms with E-state index in [2.05, 4.69) is 10.5 Å². The molecule has 0 amide bonds. The van der Waals surface area contributed by atoms with Crippen LogP contribution in [0.3, 0.4) is 0 Å². The molecule has 2 rings (SSSR count). The first kappa shape index (κ1) is 8.10. The Balaban J connectivity index is 1.92. The Kier molecular flexibility index (Phi) is 2.17. The van der Waals surface area contributed by atoms with Crippen LogP contribution in [0.25, 0.3) is 0 Å². The summed E-state index contributed by atoms with van der Waals surface area (Å²) in [5.41, 5.74) is 4.02. The number of phenols is 1. The predicted molar refractivity (Wildman–Crippen MR) is 51.9 cm³/mol. The molecule has 1 aromatic rings. The largest absolute Gasteiger partial charge is 0.508 e. The molecule has 1 aromatic carbocycles. The van der Waals surface area contributed by atoms with Crippen LogP contribution in [0.1, 0.15) is 18.4 Å². The number of nitrogens with one attached hydrogen (secondary N) is 1. The smallest absolute Gasteiger partial charge is 0.115 e. The van der Waals surface area contributed by atoms with Crippen molar-refractivity contribution in [3.63, 3.8) is 0 Å². The average molecular weight is 176 g/mol. The summed E-state index contributed by atoms with van der Waals surface area (Å²) in [6.07, 6.45) is 4.22. The minimum Gasteiger partial charge on any atom is -0.508 e. The van der Waals surface area contributed by atoms with E-state index in [-0.39, 0.29) is 5.75 Å². The standard InChI is InChI=1S/C10H12N2O/c13-10-5-1-8(2-6-10)7-11-12-9-3-4-9/h1-2,5-7,9,12-13H,3-4H2/b11-7+. The SMILES string of the molecule is Oc1ccc(/C=N/NC2CC2)cc1. The molecule has 13 heavy (non-hydrogen) atoms. The molecular weight excluding hydrogens is 164 g/mol. The average Bonchev–Trinajstić information content (AvgIpc) is 2.92. The van der Waals surface area contributed by atoms with Gasteiger partial charge in [-0.2, -0.15) is 5.10 Å². The highest BCUT2D eigenvalue weighted by Gasteiger charge is 2.19. The summed E-state index contributed by atoms with van der Waals surface area (Å²) in [6, 6.07) is 7.55. The van der Waals surface area contributed by atoms with Crippen molar-refractivity contribution in [2.75, 3.05) is 0 Å². The van der Waals surface area contributed by atoms with Crippen LogP contribution in [0.5, 0.6) is 5.75 Å². The summed E-state index contributed by atoms with van der Waals surface area (Å²) in [6.45, 7) is 0. The molecule has 0 radical (unpaired) electrons. The summed E-state index contributed by atoms with van der Waals surface area (Å²) in [7, 11) is 0. The fourth-order valence-corrected chi connectivity index (χ4v) is 0.990. The molecule has 1 saturated carbocycles. The van der Waals surface area contributed by atoms with Crippen molar-refractivity contribution < 1.29 is 5.11 Å². The third-order valence-corrected chi connectivity index (χ3v) is 1.94. The second-order valence-electron chi connectivity index (χ2n) is 3.25. The van der Waals surface area contributed by atoms with Gasteiger partial charge in [-0.3, -0.25) is 0 Å². The Bertz CT molecular complexity index is 301. The van der Waals surface area contributed by atoms with Gasteiger partial charge in [-0.05, 0) is 42.7 Å². The molecule has 3 heteroatoms. The first-order chi connectivity index (χ1) is 6.34. The molecule has 0 aliphatic heterocycles. The van der Waals surface area contributed by atoms with Crippen LogP contribution in [0.4, 0.5) is 0 Å². The summed E-state index contributed by atoms with van der Waals surface area (Å²) < 4.78 is 0. The fourth-order valence-electron chi connectivity index (χ4n) is 0.990. The molecule has 0 spiro atoms. The van der Waals surface area contributed by atoms with E-state index in [4.69, 9.17) is 5.11 Å². The molecule has 0 heterocycles. The van der Waals surface area contributed by atoms with Gasteiger partial charge in [0.15, 0.2) is 0 Å². The normalized spacial score (nSPS) is 16.3. The molecular formula is C10H12N2O. The van der Waals surface area contributed by atoms with Crippen LogP contribution < -0.4 is 5.43 Å². The summed E-state index contributed by atoms with van der Waals surface area (Å²) in [5.74, 6) is 0.285. The number of hydrogen-bond donors (Lipinski definition) is 2. The third-order valence-electron chi connectivity index (χ3n) is 1.94. The zero-order chi connectivity index (χ0) is 9.10. The Hall–Kier alpha value is -1.51. The number of hydrogen-bond acceptors (Lipinski definition) is 3. The number of phenolic OH excluding ortho intramolecular Hbond substituents is 1. The highest BCUT2D eigenvalue weighted by molar-refractivity contribution is 5.79. The summed E-state index contributed by atoms with van der Waals surface area (Å²) >= 11 is 0. The van der Waals surface area contributed by atoms with Gasteiger partial charge < -0.3 is 10.5 Å². The van der Waals surface area contributed by atoms with E-state index in [0.29, 0.717) is 6.04 Å². The lowest BCUT2D eigenvalue weighted by Crippen LogP contribution is -2.07. The number of hydrazone groups is 1. The maximum absolute atomic E-state index is 9.02. The van der Waals surface area contributed by atoms with E-state index in [1.807, 2.05) is 12.1 Å². The Labute approximate surface area is 77.1 Å². The molecule has 0 aromatic heterocycles. The number of benzene rings is 1. The highest BCUT2D eigenvalue weighted by Crippen LogP contribution is 2.18. The van der Waals surface area contributed by atoms with Crippen molar-refractivity contribution in [3.05, 3.63) is 29.8 Å². The predicted octanol–water partition coefficient (Wildman–Crippen LogP) is 1.48. The second-order valence-corrected chi connectivity index (χ2v) is 3.25. The quantitative estimate of drug-likeness (QED) is 0.541. The molecule has 2 N–H and O–H groups in total. The Morgan fingerprint density at radius 3 is 2.62 bits per heavy atom. The lowest BCUT2D eigenvalue weighted by atomic mass is 10.2. The van der Waals surface area contributed by atoms with Crippen molar-refractivity contribution >= 4 is 6.21 Å². The summed E-state index contributed by atoms with van der Waals surface area (Å²) in [5, 5.41) is 13.1. The van der Waals surface area contributed by atoms with E-state index in [1.165, 1.54) is 12.8 Å². The minimum absolute atomic E-state index is 0.285. The van der Waals surface area contributed by atoms with Crippen molar-refractivity contribution in [1.29, 1.82) is 0 Å². The molecule has 0 atom stereocenters. The van der Waals surface area contributed by atoms with Crippen LogP contribution in [-0.4, -0.2) is 17.4 Å². The van der Waals surface area contributed by atoms with E-state index in [9.17, 15) is 0 Å². The molecule has 0 bridgehead atoms. The lowest BCUT2D eigenvalue weighted by Gasteiger charge is -1.95. The maximum Gasteiger partial charge on any atom is 0.115 e. The molecule has 0 saturated heterocycles. The minimum atomic E-state index is 0.285. The van der Waals surface area contributed by atoms with Crippen LogP contribution in [0, 0.1) is 0 Å². The van der Waals surface area contributed by atoms with Gasteiger partial charge in [0, 0.05) is 6.04 Å². The maximum atomic E-state index is 9.02. The van der Waals surface area contributed by atoms with Gasteiger partial charge >= 0.3 is 0 Å². The fraction of sp³-hybridized carbons (Fsp3) is 0.300. The van der Waals surface area contributed by atoms with Crippen molar-refractivity contribution in [2.24, 2.45) is 5.10 Å². The topological polar surface area (TPSA) is 44.6 Å². The molecule has 0 unspecified atom stereocenters. The van der Waals surface area contributed by atoms with Gasteiger partial charge in [0.1, 0.15) is 5.75 Å². The zero-order valence-corrected chi connectivity index (χ0v) is 7.27. The van der Waals surface area contributed by atoms with Gasteiger partial charge in [-0.1, -0.05) is 0 Å². The zero-order valence-electron chi connectivity index (χ0n) is 7.27. The molecule has 3 nitrogen and oxygen atoms in total. The number of aromatic hydroxyl groups is 1. The molecule has 1 aliphatic carbocycles. The van der Waals surface area contributed by atoms with Crippen LogP contribution in [0.2, 0.25) is 0 Å². The molecule has 1 fully saturated rings. The monoisotopic (exact) mass is 176 g/mol. The van der Waals surface area contributed by atoms with Gasteiger partial charge in [0.05, 0.1) is 6.21 Å². The van der Waals surface area contributed by atoms with Gasteiger partial charge in [-0.25, -0.2) is 0 Å². The first-order valence-electron chi connectivity index (χ1n) is 4.42. The molecule has 1 aliphatic rings. The second kappa shape index (κ2) is 3.47. The first-order valence-corrected chi connectivity index (χ1v) is 4.42. The van der Waals surface area contributed by atoms with Crippen molar-refractivity contribution in [3.8, 4) is 5.75 Å². The number of rotatable bonds is 3. The Morgan fingerprint density at radius 1 is 1.31 bits per heavy atom. The van der Waals surface area contributed by atoms with E-state index >= 15 is 0 Å². The third kappa shape index (κ3) is 2.47. The van der Waals surface area contributed by atoms with Crippen molar-refractivity contribution in [1.82, 2.24) is 5.43 Å². The molecule has 68 valence electrons. The summed E-state index contributed by atoms with van der Waals surface area (Å²) in [4.78, 5) is 0. The van der Waals surface area contributed by atoms with Crippen molar-refractivity contribution in [2.45, 2.75) is 18.9 Å².